The lowest BCUT2D eigenvalue weighted by Crippen LogP contribution is -2.44. The maximum atomic E-state index is 12.0. The summed E-state index contributed by atoms with van der Waals surface area (Å²) in [5.74, 6) is -0.334. The number of ether oxygens (including phenoxy) is 1. The number of nitrogens with two attached hydrogens (primary N) is 1. The van der Waals surface area contributed by atoms with Crippen molar-refractivity contribution in [2.45, 2.75) is 26.4 Å². The van der Waals surface area contributed by atoms with Gasteiger partial charge in [-0.25, -0.2) is 4.79 Å². The summed E-state index contributed by atoms with van der Waals surface area (Å²) < 4.78 is 5.36. The molecule has 0 atom stereocenters. The van der Waals surface area contributed by atoms with E-state index < -0.39 is 5.60 Å². The maximum absolute atomic E-state index is 12.0. The minimum atomic E-state index is -0.498. The molecule has 21 heavy (non-hydrogen) atoms. The Morgan fingerprint density at radius 1 is 1.19 bits per heavy atom. The molecule has 0 bridgehead atoms. The predicted molar refractivity (Wildman–Crippen MR) is 85.7 cm³/mol. The Bertz CT molecular complexity index is 515. The second-order valence-corrected chi connectivity index (χ2v) is 6.57. The number of hydrogen-bond acceptors (Lipinski definition) is 5. The quantitative estimate of drug-likeness (QED) is 0.667. The van der Waals surface area contributed by atoms with Crippen molar-refractivity contribution in [3.8, 4) is 0 Å². The number of benzene rings is 1. The van der Waals surface area contributed by atoms with E-state index in [4.69, 9.17) is 10.5 Å². The van der Waals surface area contributed by atoms with Gasteiger partial charge in [-0.05, 0) is 46.0 Å². The molecule has 116 valence electrons. The van der Waals surface area contributed by atoms with Crippen LogP contribution in [0.15, 0.2) is 18.2 Å². The Hall–Kier alpha value is -1.75. The third kappa shape index (κ3) is 4.11. The lowest BCUT2D eigenvalue weighted by Gasteiger charge is -2.34. The molecular weight excluding hydrogens is 266 g/mol. The van der Waals surface area contributed by atoms with E-state index in [-0.39, 0.29) is 5.97 Å². The molecule has 1 aliphatic rings. The first-order chi connectivity index (χ1) is 9.76. The molecule has 2 N–H and O–H groups in total. The molecule has 0 aliphatic carbocycles. The highest BCUT2D eigenvalue weighted by atomic mass is 16.6. The van der Waals surface area contributed by atoms with Crippen molar-refractivity contribution in [2.24, 2.45) is 0 Å². The Morgan fingerprint density at radius 2 is 1.81 bits per heavy atom. The van der Waals surface area contributed by atoms with Gasteiger partial charge in [-0.15, -0.1) is 0 Å². The smallest absolute Gasteiger partial charge is 0.338 e. The molecule has 5 nitrogen and oxygen atoms in total. The highest BCUT2D eigenvalue weighted by molar-refractivity contribution is 5.92. The van der Waals surface area contributed by atoms with E-state index >= 15 is 0 Å². The Morgan fingerprint density at radius 3 is 2.33 bits per heavy atom. The molecule has 0 saturated carbocycles. The first-order valence-electron chi connectivity index (χ1n) is 7.32. The van der Waals surface area contributed by atoms with Crippen molar-refractivity contribution >= 4 is 17.3 Å². The van der Waals surface area contributed by atoms with Gasteiger partial charge in [0.25, 0.3) is 0 Å². The van der Waals surface area contributed by atoms with Crippen molar-refractivity contribution in [1.29, 1.82) is 0 Å². The van der Waals surface area contributed by atoms with Crippen LogP contribution in [0.3, 0.4) is 0 Å². The van der Waals surface area contributed by atoms with Crippen LogP contribution in [0.5, 0.6) is 0 Å². The van der Waals surface area contributed by atoms with Gasteiger partial charge >= 0.3 is 5.97 Å². The average Bonchev–Trinajstić information content (AvgIpc) is 2.38. The van der Waals surface area contributed by atoms with Crippen molar-refractivity contribution in [3.05, 3.63) is 23.8 Å². The zero-order valence-electron chi connectivity index (χ0n) is 13.3. The second-order valence-electron chi connectivity index (χ2n) is 6.57. The topological polar surface area (TPSA) is 58.8 Å². The van der Waals surface area contributed by atoms with Crippen LogP contribution in [0.1, 0.15) is 31.1 Å². The molecule has 2 rings (SSSR count). The SMILES string of the molecule is CN1CCN(c2ccc(C(=O)OC(C)(C)C)cc2N)CC1. The summed E-state index contributed by atoms with van der Waals surface area (Å²) in [6, 6.07) is 5.42. The van der Waals surface area contributed by atoms with E-state index in [1.54, 1.807) is 12.1 Å². The third-order valence-corrected chi connectivity index (χ3v) is 3.51. The van der Waals surface area contributed by atoms with E-state index in [9.17, 15) is 4.79 Å². The van der Waals surface area contributed by atoms with Crippen LogP contribution >= 0.6 is 0 Å². The fraction of sp³-hybridized carbons (Fsp3) is 0.562. The fourth-order valence-electron chi connectivity index (χ4n) is 2.35. The number of carbonyl (C=O) groups is 1. The second kappa shape index (κ2) is 5.93. The largest absolute Gasteiger partial charge is 0.456 e. The number of nitrogen functional groups attached to an aromatic ring is 1. The number of likely N-dealkylation sites (N-methyl/N-ethyl adjacent to an activating group) is 1. The van der Waals surface area contributed by atoms with Gasteiger partial charge in [0, 0.05) is 26.2 Å². The molecule has 1 saturated heterocycles. The molecule has 0 amide bonds. The summed E-state index contributed by atoms with van der Waals surface area (Å²) in [5.41, 5.74) is 7.75. The van der Waals surface area contributed by atoms with Crippen LogP contribution in [-0.2, 0) is 4.74 Å². The van der Waals surface area contributed by atoms with E-state index in [0.717, 1.165) is 31.9 Å². The van der Waals surface area contributed by atoms with Crippen LogP contribution in [0.2, 0.25) is 0 Å². The van der Waals surface area contributed by atoms with Crippen molar-refractivity contribution in [1.82, 2.24) is 4.90 Å². The zero-order valence-corrected chi connectivity index (χ0v) is 13.3. The summed E-state index contributed by atoms with van der Waals surface area (Å²) in [4.78, 5) is 16.6. The van der Waals surface area contributed by atoms with E-state index in [1.165, 1.54) is 0 Å². The molecule has 1 heterocycles. The van der Waals surface area contributed by atoms with Gasteiger partial charge in [0.2, 0.25) is 0 Å². The summed E-state index contributed by atoms with van der Waals surface area (Å²) in [6.07, 6.45) is 0. The number of nitrogens with zero attached hydrogens (tertiary/aromatic N) is 2. The number of hydrogen-bond donors (Lipinski definition) is 1. The number of anilines is 2. The summed E-state index contributed by atoms with van der Waals surface area (Å²) >= 11 is 0. The predicted octanol–water partition coefficient (Wildman–Crippen LogP) is 1.98. The van der Waals surface area contributed by atoms with E-state index in [1.807, 2.05) is 26.8 Å². The Kier molecular flexibility index (Phi) is 4.42. The molecule has 1 aliphatic heterocycles. The molecule has 0 radical (unpaired) electrons. The fourth-order valence-corrected chi connectivity index (χ4v) is 2.35. The molecule has 1 aromatic rings. The van der Waals surface area contributed by atoms with Crippen LogP contribution < -0.4 is 10.6 Å². The molecule has 0 unspecified atom stereocenters. The Labute approximate surface area is 126 Å². The van der Waals surface area contributed by atoms with Crippen LogP contribution in [0.4, 0.5) is 11.4 Å². The van der Waals surface area contributed by atoms with E-state index in [2.05, 4.69) is 16.8 Å². The number of piperazine rings is 1. The first kappa shape index (κ1) is 15.6. The van der Waals surface area contributed by atoms with Gasteiger partial charge in [-0.3, -0.25) is 0 Å². The van der Waals surface area contributed by atoms with Crippen molar-refractivity contribution in [2.75, 3.05) is 43.9 Å². The highest BCUT2D eigenvalue weighted by Gasteiger charge is 2.20. The van der Waals surface area contributed by atoms with Gasteiger partial charge in [-0.1, -0.05) is 0 Å². The minimum Gasteiger partial charge on any atom is -0.456 e. The molecular formula is C16H25N3O2. The van der Waals surface area contributed by atoms with Crippen LogP contribution in [-0.4, -0.2) is 49.7 Å². The van der Waals surface area contributed by atoms with Crippen LogP contribution in [0.25, 0.3) is 0 Å². The number of carbonyl (C=O) groups excluding carboxylic acids is 1. The van der Waals surface area contributed by atoms with Gasteiger partial charge in [0.1, 0.15) is 5.60 Å². The average molecular weight is 291 g/mol. The van der Waals surface area contributed by atoms with Gasteiger partial charge in [0.05, 0.1) is 16.9 Å². The standard InChI is InChI=1S/C16H25N3O2/c1-16(2,3)21-15(20)12-5-6-14(13(17)11-12)19-9-7-18(4)8-10-19/h5-6,11H,7-10,17H2,1-4H3. The molecule has 0 spiro atoms. The maximum Gasteiger partial charge on any atom is 0.338 e. The lowest BCUT2D eigenvalue weighted by molar-refractivity contribution is 0.00696. The lowest BCUT2D eigenvalue weighted by atomic mass is 10.1. The first-order valence-corrected chi connectivity index (χ1v) is 7.32. The summed E-state index contributed by atoms with van der Waals surface area (Å²) in [6.45, 7) is 9.51. The van der Waals surface area contributed by atoms with Gasteiger partial charge in [0.15, 0.2) is 0 Å². The number of esters is 1. The molecule has 1 aromatic carbocycles. The molecule has 0 aromatic heterocycles. The molecule has 5 heteroatoms. The Balaban J connectivity index is 2.12. The molecule has 1 fully saturated rings. The summed E-state index contributed by atoms with van der Waals surface area (Å²) in [7, 11) is 2.12. The van der Waals surface area contributed by atoms with E-state index in [0.29, 0.717) is 11.3 Å². The van der Waals surface area contributed by atoms with Gasteiger partial charge in [-0.2, -0.15) is 0 Å². The van der Waals surface area contributed by atoms with Crippen LogP contribution in [0, 0.1) is 0 Å². The number of rotatable bonds is 2. The van der Waals surface area contributed by atoms with Crippen molar-refractivity contribution in [3.63, 3.8) is 0 Å². The normalized spacial score (nSPS) is 16.9. The zero-order chi connectivity index (χ0) is 15.6. The highest BCUT2D eigenvalue weighted by Crippen LogP contribution is 2.26. The third-order valence-electron chi connectivity index (χ3n) is 3.51. The minimum absolute atomic E-state index is 0.334. The summed E-state index contributed by atoms with van der Waals surface area (Å²) in [5, 5.41) is 0. The monoisotopic (exact) mass is 291 g/mol. The van der Waals surface area contributed by atoms with Crippen molar-refractivity contribution < 1.29 is 9.53 Å². The van der Waals surface area contributed by atoms with Gasteiger partial charge < -0.3 is 20.3 Å².